The molecule has 1 spiro atoms. The molecule has 4 heterocycles. The second-order valence-electron chi connectivity index (χ2n) is 10.6. The van der Waals surface area contributed by atoms with Crippen LogP contribution in [0.25, 0.3) is 0 Å². The van der Waals surface area contributed by atoms with Crippen LogP contribution in [-0.2, 0) is 0 Å². The van der Waals surface area contributed by atoms with Gasteiger partial charge in [-0.05, 0) is 66.7 Å². The predicted octanol–water partition coefficient (Wildman–Crippen LogP) is 4.61. The zero-order valence-corrected chi connectivity index (χ0v) is 17.0. The van der Waals surface area contributed by atoms with Gasteiger partial charge < -0.3 is 10.6 Å². The Bertz CT molecular complexity index is 429. The molecule has 2 nitrogen and oxygen atoms in total. The normalized spacial score (nSPS) is 57.6. The van der Waals surface area contributed by atoms with Crippen molar-refractivity contribution >= 4 is 8.07 Å². The Morgan fingerprint density at radius 3 is 1.84 bits per heavy atom. The third-order valence-electron chi connectivity index (χ3n) is 10.1. The summed E-state index contributed by atoms with van der Waals surface area (Å²) in [6.45, 7) is 2.65. The van der Waals surface area contributed by atoms with E-state index in [2.05, 4.69) is 10.6 Å². The molecule has 0 bridgehead atoms. The minimum Gasteiger partial charge on any atom is -0.316 e. The van der Waals surface area contributed by atoms with E-state index in [1.165, 1.54) is 43.4 Å². The van der Waals surface area contributed by atoms with Crippen LogP contribution in [0.15, 0.2) is 0 Å². The van der Waals surface area contributed by atoms with E-state index in [-0.39, 0.29) is 0 Å². The van der Waals surface area contributed by atoms with E-state index < -0.39 is 8.07 Å². The highest BCUT2D eigenvalue weighted by Gasteiger charge is 2.73. The zero-order valence-electron chi connectivity index (χ0n) is 16.0. The first-order chi connectivity index (χ1) is 12.4. The summed E-state index contributed by atoms with van der Waals surface area (Å²) in [6.07, 6.45) is 18.8. The largest absolute Gasteiger partial charge is 0.316 e. The minimum absolute atomic E-state index is 0.918. The minimum atomic E-state index is -1.29. The molecule has 0 radical (unpaired) electrons. The molecule has 8 atom stereocenters. The average molecular weight is 359 g/mol. The van der Waals surface area contributed by atoms with Gasteiger partial charge in [0.2, 0.25) is 0 Å². The number of fused-ring (bicyclic) bond motifs is 10. The van der Waals surface area contributed by atoms with Crippen molar-refractivity contribution in [1.82, 2.24) is 10.6 Å². The van der Waals surface area contributed by atoms with Crippen LogP contribution in [-0.4, -0.2) is 32.9 Å². The van der Waals surface area contributed by atoms with Crippen LogP contribution in [0, 0.1) is 17.8 Å². The first-order valence-electron chi connectivity index (χ1n) is 11.9. The Morgan fingerprint density at radius 2 is 1.08 bits per heavy atom. The van der Waals surface area contributed by atoms with Gasteiger partial charge in [0.1, 0.15) is 0 Å². The topological polar surface area (TPSA) is 24.1 Å². The van der Waals surface area contributed by atoms with Crippen molar-refractivity contribution in [3.63, 3.8) is 0 Å². The van der Waals surface area contributed by atoms with Crippen LogP contribution >= 0.6 is 0 Å². The lowest BCUT2D eigenvalue weighted by Gasteiger charge is -2.49. The molecule has 0 aromatic rings. The Hall–Kier alpha value is 0.137. The molecule has 0 aromatic heterocycles. The highest BCUT2D eigenvalue weighted by Crippen LogP contribution is 2.72. The summed E-state index contributed by atoms with van der Waals surface area (Å²) < 4.78 is 0. The first kappa shape index (κ1) is 16.1. The van der Waals surface area contributed by atoms with E-state index in [4.69, 9.17) is 0 Å². The summed E-state index contributed by atoms with van der Waals surface area (Å²) >= 11 is 0. The fourth-order valence-corrected chi connectivity index (χ4v) is 19.9. The Morgan fingerprint density at radius 1 is 0.520 bits per heavy atom. The molecule has 4 aliphatic heterocycles. The fraction of sp³-hybridized carbons (Fsp3) is 1.00. The highest BCUT2D eigenvalue weighted by atomic mass is 28.3. The van der Waals surface area contributed by atoms with E-state index in [1.54, 1.807) is 57.8 Å². The quantitative estimate of drug-likeness (QED) is 0.618. The van der Waals surface area contributed by atoms with Gasteiger partial charge in [-0.25, -0.2) is 0 Å². The van der Waals surface area contributed by atoms with Crippen LogP contribution in [0.5, 0.6) is 0 Å². The Balaban J connectivity index is 1.50. The molecule has 3 heteroatoms. The summed E-state index contributed by atoms with van der Waals surface area (Å²) in [5.41, 5.74) is 4.56. The van der Waals surface area contributed by atoms with E-state index in [0.29, 0.717) is 0 Å². The molecule has 2 N–H and O–H groups in total. The van der Waals surface area contributed by atoms with Crippen LogP contribution in [0.1, 0.15) is 77.0 Å². The Labute approximate surface area is 155 Å². The second-order valence-corrected chi connectivity index (χ2v) is 15.4. The fourth-order valence-electron chi connectivity index (χ4n) is 9.87. The standard InChI is InChI=1S/C22H38N2Si/c1-3-10-18-15(7-1)16-8-2-4-11-19(16)25(18)20-12-6-13-23-21(20)17-9-5-14-24-22(17)25/h15-24H,1-14H2. The van der Waals surface area contributed by atoms with Gasteiger partial charge in [0, 0.05) is 11.7 Å². The maximum atomic E-state index is 4.26. The van der Waals surface area contributed by atoms with Crippen LogP contribution < -0.4 is 10.6 Å². The third kappa shape index (κ3) is 2.04. The van der Waals surface area contributed by atoms with Crippen molar-refractivity contribution in [2.45, 2.75) is 105 Å². The summed E-state index contributed by atoms with van der Waals surface area (Å²) in [6, 6.07) is 0.918. The predicted molar refractivity (Wildman–Crippen MR) is 106 cm³/mol. The Kier molecular flexibility index (Phi) is 3.91. The maximum absolute atomic E-state index is 4.26. The molecule has 25 heavy (non-hydrogen) atoms. The summed E-state index contributed by atoms with van der Waals surface area (Å²) in [4.78, 5) is 0. The average Bonchev–Trinajstić information content (AvgIpc) is 3.16. The lowest BCUT2D eigenvalue weighted by molar-refractivity contribution is 0.226. The van der Waals surface area contributed by atoms with Crippen molar-refractivity contribution in [3.8, 4) is 0 Å². The second kappa shape index (κ2) is 6.07. The maximum Gasteiger partial charge on any atom is 0.0843 e. The lowest BCUT2D eigenvalue weighted by atomic mass is 9.73. The van der Waals surface area contributed by atoms with Crippen LogP contribution in [0.2, 0.25) is 16.6 Å². The number of rotatable bonds is 0. The molecule has 6 fully saturated rings. The number of piperidine rings is 2. The van der Waals surface area contributed by atoms with Crippen molar-refractivity contribution in [3.05, 3.63) is 0 Å². The molecule has 6 aliphatic rings. The van der Waals surface area contributed by atoms with E-state index >= 15 is 0 Å². The van der Waals surface area contributed by atoms with E-state index in [1.807, 2.05) is 0 Å². The summed E-state index contributed by atoms with van der Waals surface area (Å²) in [5.74, 6) is 3.33. The van der Waals surface area contributed by atoms with Gasteiger partial charge in [-0.2, -0.15) is 0 Å². The molecule has 2 saturated carbocycles. The molecule has 0 aromatic carbocycles. The molecular formula is C22H38N2Si. The van der Waals surface area contributed by atoms with Crippen molar-refractivity contribution in [2.24, 2.45) is 17.8 Å². The van der Waals surface area contributed by atoms with Crippen LogP contribution in [0.4, 0.5) is 0 Å². The highest BCUT2D eigenvalue weighted by molar-refractivity contribution is 6.87. The van der Waals surface area contributed by atoms with Crippen molar-refractivity contribution in [1.29, 1.82) is 0 Å². The van der Waals surface area contributed by atoms with E-state index in [9.17, 15) is 0 Å². The first-order valence-corrected chi connectivity index (χ1v) is 14.2. The number of nitrogens with one attached hydrogen (secondary N) is 2. The third-order valence-corrected chi connectivity index (χ3v) is 17.8. The smallest absolute Gasteiger partial charge is 0.0843 e. The van der Waals surface area contributed by atoms with E-state index in [0.717, 1.165) is 35.0 Å². The molecule has 8 unspecified atom stereocenters. The molecule has 4 saturated heterocycles. The van der Waals surface area contributed by atoms with Gasteiger partial charge in [-0.3, -0.25) is 0 Å². The van der Waals surface area contributed by atoms with Gasteiger partial charge >= 0.3 is 0 Å². The lowest BCUT2D eigenvalue weighted by Crippen LogP contribution is -2.61. The van der Waals surface area contributed by atoms with Crippen molar-refractivity contribution < 1.29 is 0 Å². The number of hydrogen-bond donors (Lipinski definition) is 2. The number of hydrogen-bond acceptors (Lipinski definition) is 2. The van der Waals surface area contributed by atoms with Crippen LogP contribution in [0.3, 0.4) is 0 Å². The monoisotopic (exact) mass is 358 g/mol. The van der Waals surface area contributed by atoms with Crippen molar-refractivity contribution in [2.75, 3.05) is 13.1 Å². The van der Waals surface area contributed by atoms with Gasteiger partial charge in [0.25, 0.3) is 0 Å². The molecule has 2 aliphatic carbocycles. The molecule has 140 valence electrons. The molecule has 0 amide bonds. The molecular weight excluding hydrogens is 320 g/mol. The zero-order chi connectivity index (χ0) is 16.4. The summed E-state index contributed by atoms with van der Waals surface area (Å²) in [7, 11) is -1.29. The van der Waals surface area contributed by atoms with Gasteiger partial charge in [-0.15, -0.1) is 0 Å². The van der Waals surface area contributed by atoms with Gasteiger partial charge in [0.05, 0.1) is 8.07 Å². The summed E-state index contributed by atoms with van der Waals surface area (Å²) in [5, 5.41) is 8.38. The van der Waals surface area contributed by atoms with Gasteiger partial charge in [-0.1, -0.05) is 57.8 Å². The van der Waals surface area contributed by atoms with Gasteiger partial charge in [0.15, 0.2) is 0 Å². The SMILES string of the molecule is C1CCC2C(C1)C1CCCCC1[Si]21C2CCCNC2C2CCCNC21. The molecule has 6 rings (SSSR count).